The molecular weight excluding hydrogens is 214 g/mol. The number of nitrogens with zero attached hydrogens (tertiary/aromatic N) is 1. The van der Waals surface area contributed by atoms with Crippen LogP contribution < -0.4 is 0 Å². The first-order valence-electron chi connectivity index (χ1n) is 3.15. The van der Waals surface area contributed by atoms with Crippen LogP contribution >= 0.6 is 0 Å². The minimum absolute atomic E-state index is 0.140. The highest BCUT2D eigenvalue weighted by Gasteiger charge is 2.01. The van der Waals surface area contributed by atoms with Crippen molar-refractivity contribution in [1.82, 2.24) is 0 Å². The van der Waals surface area contributed by atoms with Gasteiger partial charge >= 0.3 is 0 Å². The molecule has 0 fully saturated rings. The maximum absolute atomic E-state index is 11.1. The summed E-state index contributed by atoms with van der Waals surface area (Å²) >= 11 is -2.95. The van der Waals surface area contributed by atoms with E-state index in [9.17, 15) is 17.2 Å². The molecule has 0 amide bonds. The summed E-state index contributed by atoms with van der Waals surface area (Å²) in [6, 6.07) is 7.12. The maximum atomic E-state index is 11.1. The summed E-state index contributed by atoms with van der Waals surface area (Å²) in [6.45, 7) is 0. The highest BCUT2D eigenvalue weighted by atomic mass is 32.3. The molecule has 0 aromatic heterocycles. The first-order valence-corrected chi connectivity index (χ1v) is 5.62. The maximum Gasteiger partial charge on any atom is 0.109 e. The molecule has 1 atom stereocenters. The highest BCUT2D eigenvalue weighted by molar-refractivity contribution is 8.07. The molecule has 1 unspecified atom stereocenters. The van der Waals surface area contributed by atoms with Crippen LogP contribution in [0, 0.1) is 0 Å². The third-order valence-corrected chi connectivity index (χ3v) is 3.34. The summed E-state index contributed by atoms with van der Waals surface area (Å²) in [5.74, 6) is 0. The molecule has 0 spiro atoms. The van der Waals surface area contributed by atoms with Crippen LogP contribution in [0.2, 0.25) is 0 Å². The van der Waals surface area contributed by atoms with E-state index in [2.05, 4.69) is 4.13 Å². The molecular formula is C6H5NO4S2-2. The van der Waals surface area contributed by atoms with Crippen molar-refractivity contribution in [1.29, 1.82) is 0 Å². The second kappa shape index (κ2) is 3.97. The van der Waals surface area contributed by atoms with Crippen molar-refractivity contribution in [3.63, 3.8) is 0 Å². The lowest BCUT2D eigenvalue weighted by Crippen LogP contribution is -2.01. The van der Waals surface area contributed by atoms with Gasteiger partial charge in [0.2, 0.25) is 0 Å². The Balaban J connectivity index is 3.02. The number of hydrogen-bond acceptors (Lipinski definition) is 4. The SMILES string of the molecule is O=S([O-])[N-]S(=O)(=O)c1ccccc1. The molecule has 0 saturated carbocycles. The lowest BCUT2D eigenvalue weighted by molar-refractivity contribution is 0.544. The van der Waals surface area contributed by atoms with E-state index >= 15 is 0 Å². The number of hydrogen-bond donors (Lipinski definition) is 0. The van der Waals surface area contributed by atoms with Gasteiger partial charge in [0.1, 0.15) is 10.0 Å². The van der Waals surface area contributed by atoms with E-state index in [4.69, 9.17) is 0 Å². The van der Waals surface area contributed by atoms with Crippen LogP contribution in [0.4, 0.5) is 0 Å². The summed E-state index contributed by atoms with van der Waals surface area (Å²) < 4.78 is 44.8. The number of sulfonamides is 1. The highest BCUT2D eigenvalue weighted by Crippen LogP contribution is 2.16. The standard InChI is InChI=1S/C6H6NO4S2/c8-12(9)7-13(10,11)6-4-2-1-3-5-6/h1-5H,(H,8,9)/q-1/p-1. The van der Waals surface area contributed by atoms with Gasteiger partial charge in [-0.3, -0.25) is 4.21 Å². The van der Waals surface area contributed by atoms with Crippen LogP contribution in [0.3, 0.4) is 0 Å². The van der Waals surface area contributed by atoms with Crippen LogP contribution in [-0.4, -0.2) is 17.2 Å². The average Bonchev–Trinajstić information content (AvgIpc) is 2.04. The number of benzene rings is 1. The zero-order valence-corrected chi connectivity index (χ0v) is 7.92. The third-order valence-electron chi connectivity index (χ3n) is 1.20. The first-order chi connectivity index (χ1) is 6.02. The molecule has 0 aliphatic heterocycles. The molecule has 0 heterocycles. The normalized spacial score (nSPS) is 13.9. The lowest BCUT2D eigenvalue weighted by atomic mass is 10.4. The van der Waals surface area contributed by atoms with Crippen LogP contribution in [-0.2, 0) is 21.3 Å². The second-order valence-electron chi connectivity index (χ2n) is 2.08. The van der Waals surface area contributed by atoms with Crippen molar-refractivity contribution in [2.75, 3.05) is 0 Å². The van der Waals surface area contributed by atoms with Crippen molar-refractivity contribution in [2.24, 2.45) is 0 Å². The van der Waals surface area contributed by atoms with Crippen LogP contribution in [0.25, 0.3) is 4.13 Å². The molecule has 0 aliphatic carbocycles. The molecule has 0 radical (unpaired) electrons. The van der Waals surface area contributed by atoms with E-state index in [-0.39, 0.29) is 4.90 Å². The zero-order chi connectivity index (χ0) is 9.90. The Labute approximate surface area is 78.3 Å². The van der Waals surface area contributed by atoms with Crippen LogP contribution in [0.1, 0.15) is 0 Å². The Hall–Kier alpha value is -0.760. The van der Waals surface area contributed by atoms with Crippen molar-refractivity contribution in [3.05, 3.63) is 34.5 Å². The molecule has 1 rings (SSSR count). The van der Waals surface area contributed by atoms with Gasteiger partial charge in [-0.15, -0.1) is 0 Å². The van der Waals surface area contributed by atoms with Crippen molar-refractivity contribution in [2.45, 2.75) is 4.90 Å². The van der Waals surface area contributed by atoms with Gasteiger partial charge in [0.05, 0.1) is 0 Å². The van der Waals surface area contributed by atoms with Gasteiger partial charge in [-0.1, -0.05) is 18.2 Å². The molecule has 72 valence electrons. The van der Waals surface area contributed by atoms with Crippen molar-refractivity contribution in [3.8, 4) is 0 Å². The largest absolute Gasteiger partial charge is 0.788 e. The summed E-state index contributed by atoms with van der Waals surface area (Å²) in [5.41, 5.74) is 0. The Kier molecular flexibility index (Phi) is 3.15. The van der Waals surface area contributed by atoms with E-state index < -0.39 is 21.3 Å². The lowest BCUT2D eigenvalue weighted by Gasteiger charge is -2.22. The first kappa shape index (κ1) is 10.3. The molecule has 1 aromatic carbocycles. The molecule has 7 heteroatoms. The molecule has 0 bridgehead atoms. The Morgan fingerprint density at radius 3 is 2.23 bits per heavy atom. The molecule has 0 saturated heterocycles. The van der Waals surface area contributed by atoms with E-state index in [1.54, 1.807) is 6.07 Å². The van der Waals surface area contributed by atoms with Crippen LogP contribution in [0.15, 0.2) is 35.2 Å². The molecule has 13 heavy (non-hydrogen) atoms. The van der Waals surface area contributed by atoms with E-state index in [0.717, 1.165) is 0 Å². The summed E-state index contributed by atoms with van der Waals surface area (Å²) in [6.07, 6.45) is 0. The van der Waals surface area contributed by atoms with Gasteiger partial charge in [0.25, 0.3) is 0 Å². The number of rotatable bonds is 3. The molecule has 5 nitrogen and oxygen atoms in total. The van der Waals surface area contributed by atoms with Gasteiger partial charge in [0, 0.05) is 4.90 Å². The zero-order valence-electron chi connectivity index (χ0n) is 6.28. The molecule has 0 N–H and O–H groups in total. The van der Waals surface area contributed by atoms with Gasteiger partial charge in [-0.25, -0.2) is 8.42 Å². The van der Waals surface area contributed by atoms with E-state index in [0.29, 0.717) is 0 Å². The fourth-order valence-corrected chi connectivity index (χ4v) is 2.20. The summed E-state index contributed by atoms with van der Waals surface area (Å²) in [4.78, 5) is -0.140. The van der Waals surface area contributed by atoms with Crippen LogP contribution in [0.5, 0.6) is 0 Å². The summed E-state index contributed by atoms with van der Waals surface area (Å²) in [5, 5.41) is 0. The van der Waals surface area contributed by atoms with Crippen molar-refractivity contribution >= 4 is 21.3 Å². The smallest absolute Gasteiger partial charge is 0.109 e. The van der Waals surface area contributed by atoms with Gasteiger partial charge in [-0.2, -0.15) is 11.3 Å². The van der Waals surface area contributed by atoms with Gasteiger partial charge < -0.3 is 8.68 Å². The Morgan fingerprint density at radius 1 is 1.23 bits per heavy atom. The van der Waals surface area contributed by atoms with E-state index in [1.165, 1.54) is 24.3 Å². The Bertz CT molecular complexity index is 400. The predicted molar refractivity (Wildman–Crippen MR) is 45.9 cm³/mol. The van der Waals surface area contributed by atoms with Gasteiger partial charge in [-0.05, 0) is 12.1 Å². The second-order valence-corrected chi connectivity index (χ2v) is 4.53. The monoisotopic (exact) mass is 219 g/mol. The predicted octanol–water partition coefficient (Wildman–Crippen LogP) is 0.543. The minimum atomic E-state index is -4.05. The third kappa shape index (κ3) is 2.88. The fourth-order valence-electron chi connectivity index (χ4n) is 0.716. The molecule has 0 aliphatic rings. The topological polar surface area (TPSA) is 88.4 Å². The van der Waals surface area contributed by atoms with Crippen molar-refractivity contribution < 1.29 is 17.2 Å². The van der Waals surface area contributed by atoms with E-state index in [1.807, 2.05) is 0 Å². The minimum Gasteiger partial charge on any atom is -0.788 e. The molecule has 1 aromatic rings. The summed E-state index contributed by atoms with van der Waals surface area (Å²) in [7, 11) is -4.05. The quantitative estimate of drug-likeness (QED) is 0.694. The van der Waals surface area contributed by atoms with Gasteiger partial charge in [0.15, 0.2) is 0 Å². The average molecular weight is 219 g/mol. The Morgan fingerprint density at radius 2 is 1.77 bits per heavy atom. The fraction of sp³-hybridized carbons (Fsp3) is 0.